The summed E-state index contributed by atoms with van der Waals surface area (Å²) >= 11 is 0. The van der Waals surface area contributed by atoms with Crippen LogP contribution in [0.15, 0.2) is 35.2 Å². The maximum Gasteiger partial charge on any atom is 0.389 e. The maximum absolute atomic E-state index is 12.7. The lowest BCUT2D eigenvalue weighted by Gasteiger charge is -2.35. The molecule has 0 bridgehead atoms. The van der Waals surface area contributed by atoms with Crippen molar-refractivity contribution in [1.29, 1.82) is 0 Å². The Morgan fingerprint density at radius 2 is 2.21 bits per heavy atom. The van der Waals surface area contributed by atoms with Crippen molar-refractivity contribution in [1.82, 2.24) is 10.2 Å². The minimum atomic E-state index is -4.10. The van der Waals surface area contributed by atoms with Gasteiger partial charge in [0.25, 0.3) is 0 Å². The van der Waals surface area contributed by atoms with Crippen LogP contribution < -0.4 is 5.32 Å². The normalized spacial score (nSPS) is 27.0. The summed E-state index contributed by atoms with van der Waals surface area (Å²) in [5, 5.41) is 3.32. The van der Waals surface area contributed by atoms with Gasteiger partial charge in [-0.2, -0.15) is 13.2 Å². The molecule has 0 saturated carbocycles. The van der Waals surface area contributed by atoms with Gasteiger partial charge in [-0.1, -0.05) is 12.2 Å². The van der Waals surface area contributed by atoms with Gasteiger partial charge in [-0.05, 0) is 24.0 Å². The molecular weight excluding hydrogens is 253 g/mol. The van der Waals surface area contributed by atoms with Gasteiger partial charge in [0, 0.05) is 37.4 Å². The van der Waals surface area contributed by atoms with Crippen LogP contribution in [0.25, 0.3) is 0 Å². The Labute approximate surface area is 110 Å². The van der Waals surface area contributed by atoms with Gasteiger partial charge in [0.1, 0.15) is 0 Å². The molecule has 0 aromatic heterocycles. The van der Waals surface area contributed by atoms with Crippen molar-refractivity contribution >= 4 is 0 Å². The van der Waals surface area contributed by atoms with Gasteiger partial charge in [-0.25, -0.2) is 0 Å². The van der Waals surface area contributed by atoms with Crippen LogP contribution in [0, 0.1) is 5.92 Å². The first kappa shape index (κ1) is 12.8. The summed E-state index contributed by atoms with van der Waals surface area (Å²) in [6, 6.07) is 0. The van der Waals surface area contributed by atoms with E-state index < -0.39 is 18.5 Å². The fourth-order valence-corrected chi connectivity index (χ4v) is 3.16. The molecule has 0 amide bonds. The van der Waals surface area contributed by atoms with Crippen LogP contribution >= 0.6 is 0 Å². The maximum atomic E-state index is 12.7. The first-order chi connectivity index (χ1) is 9.04. The van der Waals surface area contributed by atoms with Crippen LogP contribution in [-0.4, -0.2) is 30.7 Å². The Morgan fingerprint density at radius 1 is 1.37 bits per heavy atom. The number of halogens is 3. The van der Waals surface area contributed by atoms with Gasteiger partial charge in [-0.3, -0.25) is 0 Å². The molecule has 2 nitrogen and oxygen atoms in total. The predicted molar refractivity (Wildman–Crippen MR) is 67.2 cm³/mol. The largest absolute Gasteiger partial charge is 0.389 e. The molecule has 0 spiro atoms. The molecule has 1 saturated heterocycles. The van der Waals surface area contributed by atoms with Gasteiger partial charge in [0.2, 0.25) is 0 Å². The second-order valence-corrected chi connectivity index (χ2v) is 5.28. The fourth-order valence-electron chi connectivity index (χ4n) is 3.16. The summed E-state index contributed by atoms with van der Waals surface area (Å²) < 4.78 is 38.0. The molecule has 2 heterocycles. The number of nitrogens with zero attached hydrogens (tertiary/aromatic N) is 1. The Kier molecular flexibility index (Phi) is 3.17. The molecule has 1 N–H and O–H groups in total. The Balaban J connectivity index is 1.95. The van der Waals surface area contributed by atoms with Crippen LogP contribution in [0.1, 0.15) is 19.3 Å². The summed E-state index contributed by atoms with van der Waals surface area (Å²) in [6.45, 7) is 2.45. The molecule has 1 aliphatic carbocycles. The lowest BCUT2D eigenvalue weighted by molar-refractivity contribution is -0.139. The average Bonchev–Trinajstić information content (AvgIpc) is 2.55. The standard InChI is InChI=1S/C14H17F3N2/c15-14(16,17)8-10-4-6-19-7-5-18-9-11-2-1-3-12(10)13(11)19/h2,4,6,10,18H,1,3,5,7-9H2. The predicted octanol–water partition coefficient (Wildman–Crippen LogP) is 2.96. The number of hydrogen-bond acceptors (Lipinski definition) is 2. The number of allylic oxidation sites excluding steroid dienone is 3. The van der Waals surface area contributed by atoms with Crippen molar-refractivity contribution < 1.29 is 13.2 Å². The SMILES string of the molecule is FC(F)(F)CC1C=CN2CCNCC3=CCCC1=C32. The summed E-state index contributed by atoms with van der Waals surface area (Å²) in [6.07, 6.45) is 2.48. The van der Waals surface area contributed by atoms with Crippen molar-refractivity contribution in [2.75, 3.05) is 19.6 Å². The highest BCUT2D eigenvalue weighted by atomic mass is 19.4. The van der Waals surface area contributed by atoms with Gasteiger partial charge in [0.15, 0.2) is 0 Å². The quantitative estimate of drug-likeness (QED) is 0.788. The van der Waals surface area contributed by atoms with Crippen molar-refractivity contribution in [3.8, 4) is 0 Å². The third-order valence-electron chi connectivity index (χ3n) is 3.94. The van der Waals surface area contributed by atoms with Gasteiger partial charge < -0.3 is 10.2 Å². The monoisotopic (exact) mass is 270 g/mol. The molecular formula is C14H17F3N2. The Bertz CT molecular complexity index is 460. The zero-order valence-electron chi connectivity index (χ0n) is 10.6. The smallest absolute Gasteiger partial charge is 0.347 e. The van der Waals surface area contributed by atoms with Crippen molar-refractivity contribution in [2.24, 2.45) is 5.92 Å². The fraction of sp³-hybridized carbons (Fsp3) is 0.571. The highest BCUT2D eigenvalue weighted by molar-refractivity contribution is 5.44. The summed E-state index contributed by atoms with van der Waals surface area (Å²) in [4.78, 5) is 2.10. The third kappa shape index (κ3) is 2.56. The lowest BCUT2D eigenvalue weighted by atomic mass is 9.82. The number of alkyl halides is 3. The van der Waals surface area contributed by atoms with E-state index in [-0.39, 0.29) is 0 Å². The zero-order valence-corrected chi connectivity index (χ0v) is 10.6. The van der Waals surface area contributed by atoms with E-state index in [0.29, 0.717) is 0 Å². The molecule has 3 rings (SSSR count). The molecule has 5 heteroatoms. The minimum Gasteiger partial charge on any atom is -0.347 e. The van der Waals surface area contributed by atoms with Crippen molar-refractivity contribution in [2.45, 2.75) is 25.4 Å². The summed E-state index contributed by atoms with van der Waals surface area (Å²) in [5.74, 6) is -0.479. The minimum absolute atomic E-state index is 0.479. The van der Waals surface area contributed by atoms with Crippen molar-refractivity contribution in [3.63, 3.8) is 0 Å². The van der Waals surface area contributed by atoms with Crippen LogP contribution in [0.2, 0.25) is 0 Å². The van der Waals surface area contributed by atoms with E-state index in [9.17, 15) is 13.2 Å². The molecule has 0 aromatic carbocycles. The summed E-state index contributed by atoms with van der Waals surface area (Å²) in [7, 11) is 0. The molecule has 104 valence electrons. The molecule has 0 radical (unpaired) electrons. The Morgan fingerprint density at radius 3 is 3.00 bits per heavy atom. The number of nitrogens with one attached hydrogen (secondary N) is 1. The van der Waals surface area contributed by atoms with Gasteiger partial charge in [-0.15, -0.1) is 0 Å². The number of hydrogen-bond donors (Lipinski definition) is 1. The number of rotatable bonds is 1. The van der Waals surface area contributed by atoms with E-state index in [1.54, 1.807) is 6.08 Å². The van der Waals surface area contributed by atoms with E-state index in [1.807, 2.05) is 6.20 Å². The molecule has 1 atom stereocenters. The highest BCUT2D eigenvalue weighted by Crippen LogP contribution is 2.41. The van der Waals surface area contributed by atoms with Crippen LogP contribution in [-0.2, 0) is 0 Å². The van der Waals surface area contributed by atoms with Crippen LogP contribution in [0.5, 0.6) is 0 Å². The summed E-state index contributed by atoms with van der Waals surface area (Å²) in [5.41, 5.74) is 3.18. The lowest BCUT2D eigenvalue weighted by Crippen LogP contribution is -2.29. The Hall–Kier alpha value is -1.23. The van der Waals surface area contributed by atoms with E-state index >= 15 is 0 Å². The molecule has 0 aromatic rings. The molecule has 2 aliphatic heterocycles. The molecule has 1 unspecified atom stereocenters. The highest BCUT2D eigenvalue weighted by Gasteiger charge is 2.36. The van der Waals surface area contributed by atoms with Crippen molar-refractivity contribution in [3.05, 3.63) is 35.2 Å². The van der Waals surface area contributed by atoms with E-state index in [0.717, 1.165) is 49.3 Å². The van der Waals surface area contributed by atoms with E-state index in [2.05, 4.69) is 16.3 Å². The van der Waals surface area contributed by atoms with Gasteiger partial charge >= 0.3 is 6.18 Å². The van der Waals surface area contributed by atoms with Crippen LogP contribution in [0.4, 0.5) is 13.2 Å². The first-order valence-corrected chi connectivity index (χ1v) is 6.69. The third-order valence-corrected chi connectivity index (χ3v) is 3.94. The molecule has 19 heavy (non-hydrogen) atoms. The topological polar surface area (TPSA) is 15.3 Å². The second kappa shape index (κ2) is 4.71. The molecule has 1 fully saturated rings. The van der Waals surface area contributed by atoms with E-state index in [4.69, 9.17) is 0 Å². The van der Waals surface area contributed by atoms with Gasteiger partial charge in [0.05, 0.1) is 6.42 Å². The first-order valence-electron chi connectivity index (χ1n) is 6.69. The second-order valence-electron chi connectivity index (χ2n) is 5.28. The average molecular weight is 270 g/mol. The zero-order chi connectivity index (χ0) is 13.5. The van der Waals surface area contributed by atoms with E-state index in [1.165, 1.54) is 0 Å². The molecule has 3 aliphatic rings. The van der Waals surface area contributed by atoms with Crippen LogP contribution in [0.3, 0.4) is 0 Å².